The van der Waals surface area contributed by atoms with Gasteiger partial charge < -0.3 is 25.2 Å². The van der Waals surface area contributed by atoms with Crippen molar-refractivity contribution in [2.45, 2.75) is 38.5 Å². The number of nitrogens with one attached hydrogen (secondary N) is 2. The van der Waals surface area contributed by atoms with Gasteiger partial charge in [0.1, 0.15) is 19.3 Å². The SMILES string of the molecule is O=C(NCCC[C@@H](NC(=O)OCc1cccc2c1Cc1ccccc1-2)C(=O)O)OCc1ccccc1. The third-order valence-electron chi connectivity index (χ3n) is 6.05. The number of alkyl carbamates (subject to hydrolysis) is 2. The number of aliphatic carboxylic acids is 1. The summed E-state index contributed by atoms with van der Waals surface area (Å²) in [5.74, 6) is -1.17. The zero-order chi connectivity index (χ0) is 25.3. The monoisotopic (exact) mass is 488 g/mol. The molecule has 0 heterocycles. The molecule has 0 unspecified atom stereocenters. The van der Waals surface area contributed by atoms with E-state index in [-0.39, 0.29) is 26.2 Å². The summed E-state index contributed by atoms with van der Waals surface area (Å²) in [5.41, 5.74) is 6.42. The summed E-state index contributed by atoms with van der Waals surface area (Å²) in [6, 6.07) is 22.2. The standard InChI is InChI=1S/C28H28N2O6/c31-26(32)25(14-7-15-29-27(33)35-17-19-8-2-1-3-9-19)30-28(34)36-18-21-11-6-13-23-22-12-5-4-10-20(22)16-24(21)23/h1-6,8-13,25H,7,14-18H2,(H,29,33)(H,30,34)(H,31,32)/t25-/m1/s1. The van der Waals surface area contributed by atoms with Crippen molar-refractivity contribution in [1.29, 1.82) is 0 Å². The van der Waals surface area contributed by atoms with E-state index in [4.69, 9.17) is 9.47 Å². The molecule has 0 aromatic heterocycles. The molecule has 0 saturated carbocycles. The van der Waals surface area contributed by atoms with E-state index in [2.05, 4.69) is 28.8 Å². The zero-order valence-electron chi connectivity index (χ0n) is 19.7. The summed E-state index contributed by atoms with van der Waals surface area (Å²) in [4.78, 5) is 35.7. The van der Waals surface area contributed by atoms with E-state index < -0.39 is 24.2 Å². The second kappa shape index (κ2) is 11.9. The van der Waals surface area contributed by atoms with Gasteiger partial charge in [-0.2, -0.15) is 0 Å². The normalized spacial score (nSPS) is 12.1. The van der Waals surface area contributed by atoms with Crippen molar-refractivity contribution in [3.05, 3.63) is 95.1 Å². The minimum Gasteiger partial charge on any atom is -0.480 e. The van der Waals surface area contributed by atoms with Crippen molar-refractivity contribution in [2.75, 3.05) is 6.54 Å². The first-order valence-electron chi connectivity index (χ1n) is 11.8. The first kappa shape index (κ1) is 24.8. The van der Waals surface area contributed by atoms with Crippen LogP contribution in [0.25, 0.3) is 11.1 Å². The summed E-state index contributed by atoms with van der Waals surface area (Å²) in [7, 11) is 0. The third-order valence-corrected chi connectivity index (χ3v) is 6.05. The Bertz CT molecular complexity index is 1230. The molecule has 1 aliphatic rings. The Kier molecular flexibility index (Phi) is 8.18. The fraction of sp³-hybridized carbons (Fsp3) is 0.250. The minimum atomic E-state index is -1.17. The number of hydrogen-bond donors (Lipinski definition) is 3. The highest BCUT2D eigenvalue weighted by Gasteiger charge is 2.23. The van der Waals surface area contributed by atoms with Crippen LogP contribution in [-0.2, 0) is 33.9 Å². The van der Waals surface area contributed by atoms with Crippen LogP contribution in [0.4, 0.5) is 9.59 Å². The molecule has 2 amide bonds. The summed E-state index contributed by atoms with van der Waals surface area (Å²) >= 11 is 0. The van der Waals surface area contributed by atoms with Crippen LogP contribution < -0.4 is 10.6 Å². The van der Waals surface area contributed by atoms with E-state index in [0.717, 1.165) is 28.7 Å². The van der Waals surface area contributed by atoms with Crippen molar-refractivity contribution in [3.63, 3.8) is 0 Å². The van der Waals surface area contributed by atoms with Crippen LogP contribution in [0.15, 0.2) is 72.8 Å². The van der Waals surface area contributed by atoms with Crippen molar-refractivity contribution < 1.29 is 29.0 Å². The highest BCUT2D eigenvalue weighted by Crippen LogP contribution is 2.38. The van der Waals surface area contributed by atoms with Gasteiger partial charge in [0.25, 0.3) is 0 Å². The van der Waals surface area contributed by atoms with Gasteiger partial charge in [-0.25, -0.2) is 14.4 Å². The molecule has 0 saturated heterocycles. The number of fused-ring (bicyclic) bond motifs is 3. The largest absolute Gasteiger partial charge is 0.480 e. The maximum Gasteiger partial charge on any atom is 0.408 e. The van der Waals surface area contributed by atoms with Crippen molar-refractivity contribution in [3.8, 4) is 11.1 Å². The summed E-state index contributed by atoms with van der Waals surface area (Å²) < 4.78 is 10.5. The van der Waals surface area contributed by atoms with Gasteiger partial charge >= 0.3 is 18.2 Å². The quantitative estimate of drug-likeness (QED) is 0.280. The molecule has 8 heteroatoms. The average Bonchev–Trinajstić information content (AvgIpc) is 3.28. The predicted molar refractivity (Wildman–Crippen MR) is 133 cm³/mol. The molecule has 0 fully saturated rings. The van der Waals surface area contributed by atoms with Crippen LogP contribution in [0.1, 0.15) is 35.1 Å². The van der Waals surface area contributed by atoms with Crippen LogP contribution in [0, 0.1) is 0 Å². The molecule has 1 aliphatic carbocycles. The van der Waals surface area contributed by atoms with E-state index in [1.165, 1.54) is 11.1 Å². The molecule has 0 spiro atoms. The Labute approximate surface area is 209 Å². The summed E-state index contributed by atoms with van der Waals surface area (Å²) in [6.07, 6.45) is -0.159. The topological polar surface area (TPSA) is 114 Å². The smallest absolute Gasteiger partial charge is 0.408 e. The summed E-state index contributed by atoms with van der Waals surface area (Å²) in [5, 5.41) is 14.5. The lowest BCUT2D eigenvalue weighted by Gasteiger charge is -2.15. The lowest BCUT2D eigenvalue weighted by molar-refractivity contribution is -0.139. The Morgan fingerprint density at radius 2 is 1.56 bits per heavy atom. The number of amides is 2. The first-order valence-corrected chi connectivity index (χ1v) is 11.8. The van der Waals surface area contributed by atoms with Gasteiger partial charge in [-0.15, -0.1) is 0 Å². The molecule has 0 aliphatic heterocycles. The van der Waals surface area contributed by atoms with Gasteiger partial charge in [0.15, 0.2) is 0 Å². The molecule has 186 valence electrons. The average molecular weight is 489 g/mol. The Morgan fingerprint density at radius 1 is 0.833 bits per heavy atom. The van der Waals surface area contributed by atoms with E-state index in [0.29, 0.717) is 6.42 Å². The lowest BCUT2D eigenvalue weighted by Crippen LogP contribution is -2.41. The van der Waals surface area contributed by atoms with E-state index in [1.807, 2.05) is 54.6 Å². The highest BCUT2D eigenvalue weighted by atomic mass is 16.6. The lowest BCUT2D eigenvalue weighted by atomic mass is 10.0. The van der Waals surface area contributed by atoms with Crippen molar-refractivity contribution in [2.24, 2.45) is 0 Å². The number of carbonyl (C=O) groups is 3. The van der Waals surface area contributed by atoms with Gasteiger partial charge in [-0.05, 0) is 52.6 Å². The molecule has 36 heavy (non-hydrogen) atoms. The van der Waals surface area contributed by atoms with Crippen LogP contribution in [0.2, 0.25) is 0 Å². The van der Waals surface area contributed by atoms with Crippen LogP contribution in [-0.4, -0.2) is 35.8 Å². The highest BCUT2D eigenvalue weighted by molar-refractivity contribution is 5.80. The van der Waals surface area contributed by atoms with Gasteiger partial charge in [0.2, 0.25) is 0 Å². The van der Waals surface area contributed by atoms with Gasteiger partial charge in [-0.1, -0.05) is 72.8 Å². The number of benzene rings is 3. The number of hydrogen-bond acceptors (Lipinski definition) is 5. The van der Waals surface area contributed by atoms with Crippen LogP contribution >= 0.6 is 0 Å². The third kappa shape index (κ3) is 6.41. The molecule has 3 N–H and O–H groups in total. The maximum atomic E-state index is 12.3. The number of carboxylic acids is 1. The molecule has 8 nitrogen and oxygen atoms in total. The van der Waals surface area contributed by atoms with Gasteiger partial charge in [-0.3, -0.25) is 0 Å². The minimum absolute atomic E-state index is 0.0458. The van der Waals surface area contributed by atoms with Crippen LogP contribution in [0.3, 0.4) is 0 Å². The maximum absolute atomic E-state index is 12.3. The van der Waals surface area contributed by atoms with Crippen molar-refractivity contribution >= 4 is 18.2 Å². The van der Waals surface area contributed by atoms with Gasteiger partial charge in [0, 0.05) is 6.54 Å². The molecule has 0 bridgehead atoms. The molecule has 0 radical (unpaired) electrons. The van der Waals surface area contributed by atoms with Crippen molar-refractivity contribution in [1.82, 2.24) is 10.6 Å². The number of ether oxygens (including phenoxy) is 2. The van der Waals surface area contributed by atoms with Gasteiger partial charge in [0.05, 0.1) is 0 Å². The molecule has 1 atom stereocenters. The molecular weight excluding hydrogens is 460 g/mol. The van der Waals surface area contributed by atoms with E-state index >= 15 is 0 Å². The second-order valence-electron chi connectivity index (χ2n) is 8.52. The van der Waals surface area contributed by atoms with E-state index in [1.54, 1.807) is 0 Å². The summed E-state index contributed by atoms with van der Waals surface area (Å²) in [6.45, 7) is 0.406. The fourth-order valence-corrected chi connectivity index (χ4v) is 4.21. The van der Waals surface area contributed by atoms with Crippen LogP contribution in [0.5, 0.6) is 0 Å². The zero-order valence-corrected chi connectivity index (χ0v) is 19.7. The first-order chi connectivity index (χ1) is 17.5. The number of rotatable bonds is 10. The Hall–Kier alpha value is -4.33. The van der Waals surface area contributed by atoms with E-state index in [9.17, 15) is 19.5 Å². The number of carboxylic acid groups (broad SMARTS) is 1. The number of carbonyl (C=O) groups excluding carboxylic acids is 2. The molecule has 3 aromatic rings. The molecular formula is C28H28N2O6. The second-order valence-corrected chi connectivity index (χ2v) is 8.52. The fourth-order valence-electron chi connectivity index (χ4n) is 4.21. The Morgan fingerprint density at radius 3 is 2.36 bits per heavy atom. The predicted octanol–water partition coefficient (Wildman–Crippen LogP) is 4.64. The Balaban J connectivity index is 1.20. The molecule has 4 rings (SSSR count). The molecule has 3 aromatic carbocycles.